The fourth-order valence-electron chi connectivity index (χ4n) is 2.15. The minimum absolute atomic E-state index is 0. The predicted molar refractivity (Wildman–Crippen MR) is 79.1 cm³/mol. The van der Waals surface area contributed by atoms with Gasteiger partial charge in [0.05, 0.1) is 5.02 Å². The number of thiophene rings is 1. The Morgan fingerprint density at radius 1 is 1.67 bits per heavy atom. The van der Waals surface area contributed by atoms with Crippen LogP contribution in [-0.2, 0) is 0 Å². The maximum Gasteiger partial charge on any atom is 0.263 e. The quantitative estimate of drug-likeness (QED) is 0.901. The van der Waals surface area contributed by atoms with Crippen LogP contribution in [0, 0.1) is 5.92 Å². The lowest BCUT2D eigenvalue weighted by molar-refractivity contribution is 0.0926. The molecule has 2 rings (SSSR count). The number of halogens is 2. The number of hydrogen-bond donors (Lipinski definition) is 2. The van der Waals surface area contributed by atoms with Crippen molar-refractivity contribution in [2.45, 2.75) is 25.8 Å². The van der Waals surface area contributed by atoms with Gasteiger partial charge in [-0.2, -0.15) is 0 Å². The highest BCUT2D eigenvalue weighted by Crippen LogP contribution is 2.22. The van der Waals surface area contributed by atoms with Gasteiger partial charge in [-0.15, -0.1) is 23.7 Å². The second-order valence-corrected chi connectivity index (χ2v) is 5.79. The Kier molecular flexibility index (Phi) is 6.43. The molecule has 1 fully saturated rings. The van der Waals surface area contributed by atoms with Crippen LogP contribution < -0.4 is 10.6 Å². The number of hydrogen-bond acceptors (Lipinski definition) is 3. The molecule has 6 heteroatoms. The Hall–Kier alpha value is -0.290. The summed E-state index contributed by atoms with van der Waals surface area (Å²) in [5, 5.41) is 8.78. The summed E-state index contributed by atoms with van der Waals surface area (Å²) in [6.45, 7) is 4.14. The van der Waals surface area contributed by atoms with Crippen molar-refractivity contribution in [1.29, 1.82) is 0 Å². The van der Waals surface area contributed by atoms with Crippen LogP contribution in [0.15, 0.2) is 11.4 Å². The van der Waals surface area contributed by atoms with Gasteiger partial charge in [-0.3, -0.25) is 4.79 Å². The molecule has 1 aliphatic heterocycles. The zero-order valence-electron chi connectivity index (χ0n) is 10.2. The average Bonchev–Trinajstić information content (AvgIpc) is 2.76. The molecule has 18 heavy (non-hydrogen) atoms. The summed E-state index contributed by atoms with van der Waals surface area (Å²) in [5.74, 6) is 0.467. The van der Waals surface area contributed by atoms with Gasteiger partial charge < -0.3 is 10.6 Å². The van der Waals surface area contributed by atoms with Gasteiger partial charge in [0.1, 0.15) is 4.88 Å². The summed E-state index contributed by atoms with van der Waals surface area (Å²) >= 11 is 7.33. The number of carbonyl (C=O) groups excluding carboxylic acids is 1. The van der Waals surface area contributed by atoms with Crippen LogP contribution in [0.4, 0.5) is 0 Å². The molecule has 1 aromatic rings. The molecule has 102 valence electrons. The Bertz CT molecular complexity index is 391. The summed E-state index contributed by atoms with van der Waals surface area (Å²) in [7, 11) is 0. The highest BCUT2D eigenvalue weighted by molar-refractivity contribution is 7.12. The topological polar surface area (TPSA) is 41.1 Å². The zero-order chi connectivity index (χ0) is 12.3. The van der Waals surface area contributed by atoms with Crippen molar-refractivity contribution in [3.63, 3.8) is 0 Å². The molecule has 0 aromatic carbocycles. The molecule has 1 saturated heterocycles. The van der Waals surface area contributed by atoms with E-state index in [-0.39, 0.29) is 24.4 Å². The molecule has 0 spiro atoms. The highest BCUT2D eigenvalue weighted by atomic mass is 35.5. The van der Waals surface area contributed by atoms with Crippen LogP contribution in [0.25, 0.3) is 0 Å². The molecule has 3 nitrogen and oxygen atoms in total. The van der Waals surface area contributed by atoms with Crippen molar-refractivity contribution >= 4 is 41.3 Å². The van der Waals surface area contributed by atoms with Crippen molar-refractivity contribution in [2.24, 2.45) is 5.92 Å². The second kappa shape index (κ2) is 7.34. The third kappa shape index (κ3) is 3.85. The maximum atomic E-state index is 12.0. The van der Waals surface area contributed by atoms with Crippen LogP contribution in [0.1, 0.15) is 29.4 Å². The standard InChI is InChI=1S/C12H17ClN2OS.ClH/c1-8(9-3-2-5-14-7-9)15-12(16)11-10(13)4-6-17-11;/h4,6,8-9,14H,2-3,5,7H2,1H3,(H,15,16);1H. The van der Waals surface area contributed by atoms with E-state index in [2.05, 4.69) is 17.6 Å². The van der Waals surface area contributed by atoms with Crippen molar-refractivity contribution < 1.29 is 4.79 Å². The normalized spacial score (nSPS) is 20.9. The van der Waals surface area contributed by atoms with E-state index in [4.69, 9.17) is 11.6 Å². The van der Waals surface area contributed by atoms with Crippen LogP contribution in [-0.4, -0.2) is 25.0 Å². The first-order chi connectivity index (χ1) is 8.18. The summed E-state index contributed by atoms with van der Waals surface area (Å²) in [6.07, 6.45) is 2.36. The van der Waals surface area contributed by atoms with Crippen molar-refractivity contribution in [3.05, 3.63) is 21.3 Å². The largest absolute Gasteiger partial charge is 0.349 e. The molecule has 0 bridgehead atoms. The fraction of sp³-hybridized carbons (Fsp3) is 0.583. The van der Waals surface area contributed by atoms with Gasteiger partial charge in [0, 0.05) is 6.04 Å². The summed E-state index contributed by atoms with van der Waals surface area (Å²) in [5.41, 5.74) is 0. The van der Waals surface area contributed by atoms with Gasteiger partial charge in [0.25, 0.3) is 5.91 Å². The molecule has 1 aromatic heterocycles. The molecule has 1 amide bonds. The average molecular weight is 309 g/mol. The van der Waals surface area contributed by atoms with E-state index >= 15 is 0 Å². The molecule has 1 aliphatic rings. The lowest BCUT2D eigenvalue weighted by Crippen LogP contribution is -2.44. The second-order valence-electron chi connectivity index (χ2n) is 4.47. The van der Waals surface area contributed by atoms with E-state index < -0.39 is 0 Å². The van der Waals surface area contributed by atoms with E-state index in [1.54, 1.807) is 6.07 Å². The summed E-state index contributed by atoms with van der Waals surface area (Å²) in [6, 6.07) is 1.95. The monoisotopic (exact) mass is 308 g/mol. The third-order valence-electron chi connectivity index (χ3n) is 3.22. The van der Waals surface area contributed by atoms with Gasteiger partial charge in [-0.05, 0) is 50.2 Å². The number of nitrogens with one attached hydrogen (secondary N) is 2. The van der Waals surface area contributed by atoms with E-state index in [9.17, 15) is 4.79 Å². The van der Waals surface area contributed by atoms with Crippen LogP contribution in [0.3, 0.4) is 0 Å². The van der Waals surface area contributed by atoms with Gasteiger partial charge in [-0.1, -0.05) is 11.6 Å². The number of carbonyl (C=O) groups is 1. The van der Waals surface area contributed by atoms with Gasteiger partial charge >= 0.3 is 0 Å². The predicted octanol–water partition coefficient (Wildman–Crippen LogP) is 2.94. The number of piperidine rings is 1. The SMILES string of the molecule is CC(NC(=O)c1sccc1Cl)C1CCCNC1.Cl. The van der Waals surface area contributed by atoms with Gasteiger partial charge in [-0.25, -0.2) is 0 Å². The first-order valence-corrected chi connectivity index (χ1v) is 7.19. The number of amides is 1. The number of rotatable bonds is 3. The Balaban J connectivity index is 0.00000162. The molecular weight excluding hydrogens is 291 g/mol. The van der Waals surface area contributed by atoms with Gasteiger partial charge in [0.15, 0.2) is 0 Å². The molecular formula is C12H18Cl2N2OS. The lowest BCUT2D eigenvalue weighted by atomic mass is 9.93. The van der Waals surface area contributed by atoms with E-state index in [1.165, 1.54) is 24.2 Å². The van der Waals surface area contributed by atoms with Crippen LogP contribution >= 0.6 is 35.3 Å². The van der Waals surface area contributed by atoms with Crippen LogP contribution in [0.5, 0.6) is 0 Å². The molecule has 2 N–H and O–H groups in total. The fourth-order valence-corrected chi connectivity index (χ4v) is 3.20. The summed E-state index contributed by atoms with van der Waals surface area (Å²) in [4.78, 5) is 12.6. The van der Waals surface area contributed by atoms with Gasteiger partial charge in [0.2, 0.25) is 0 Å². The minimum Gasteiger partial charge on any atom is -0.349 e. The third-order valence-corrected chi connectivity index (χ3v) is 4.56. The van der Waals surface area contributed by atoms with E-state index in [0.29, 0.717) is 15.8 Å². The first kappa shape index (κ1) is 15.8. The molecule has 0 aliphatic carbocycles. The van der Waals surface area contributed by atoms with Crippen molar-refractivity contribution in [3.8, 4) is 0 Å². The molecule has 0 radical (unpaired) electrons. The molecule has 0 saturated carbocycles. The van der Waals surface area contributed by atoms with Crippen LogP contribution in [0.2, 0.25) is 5.02 Å². The molecule has 2 atom stereocenters. The van der Waals surface area contributed by atoms with Crippen molar-refractivity contribution in [1.82, 2.24) is 10.6 Å². The lowest BCUT2D eigenvalue weighted by Gasteiger charge is -2.28. The molecule has 2 unspecified atom stereocenters. The highest BCUT2D eigenvalue weighted by Gasteiger charge is 2.22. The Morgan fingerprint density at radius 2 is 2.44 bits per heavy atom. The first-order valence-electron chi connectivity index (χ1n) is 5.93. The maximum absolute atomic E-state index is 12.0. The Morgan fingerprint density at radius 3 is 3.00 bits per heavy atom. The zero-order valence-corrected chi connectivity index (χ0v) is 12.6. The smallest absolute Gasteiger partial charge is 0.263 e. The molecule has 2 heterocycles. The summed E-state index contributed by atoms with van der Waals surface area (Å²) < 4.78 is 0. The van der Waals surface area contributed by atoms with Crippen molar-refractivity contribution in [2.75, 3.05) is 13.1 Å². The van der Waals surface area contributed by atoms with E-state index in [1.807, 2.05) is 5.38 Å². The Labute approximate surface area is 123 Å². The van der Waals surface area contributed by atoms with E-state index in [0.717, 1.165) is 13.1 Å². The minimum atomic E-state index is -0.0527.